The molecule has 0 aliphatic carbocycles. The van der Waals surface area contributed by atoms with Crippen LogP contribution in [0.2, 0.25) is 0 Å². The van der Waals surface area contributed by atoms with Crippen molar-refractivity contribution in [3.8, 4) is 6.07 Å². The molecular formula is C13H19NO2. The number of carbonyl (C=O) groups is 1. The average molecular weight is 221 g/mol. The van der Waals surface area contributed by atoms with Crippen LogP contribution in [-0.2, 0) is 9.53 Å². The summed E-state index contributed by atoms with van der Waals surface area (Å²) in [4.78, 5) is 9.82. The summed E-state index contributed by atoms with van der Waals surface area (Å²) in [5.41, 5.74) is 1.32. The Bertz CT molecular complexity index is 301. The quantitative estimate of drug-likeness (QED) is 0.685. The van der Waals surface area contributed by atoms with Gasteiger partial charge in [0.15, 0.2) is 0 Å². The van der Waals surface area contributed by atoms with Gasteiger partial charge in [-0.3, -0.25) is 4.79 Å². The number of rotatable bonds is 1. The van der Waals surface area contributed by atoms with E-state index in [1.807, 2.05) is 18.2 Å². The molecule has 0 amide bonds. The van der Waals surface area contributed by atoms with E-state index in [-0.39, 0.29) is 5.97 Å². The molecule has 0 aliphatic rings. The molecule has 0 saturated heterocycles. The fourth-order valence-corrected chi connectivity index (χ4v) is 0.738. The molecule has 0 spiro atoms. The molecule has 0 atom stereocenters. The van der Waals surface area contributed by atoms with Crippen molar-refractivity contribution >= 4 is 5.97 Å². The van der Waals surface area contributed by atoms with Crippen molar-refractivity contribution in [3.05, 3.63) is 35.9 Å². The number of aryl methyl sites for hydroxylation is 1. The van der Waals surface area contributed by atoms with Gasteiger partial charge in [0.25, 0.3) is 0 Å². The number of esters is 1. The molecule has 0 unspecified atom stereocenters. The van der Waals surface area contributed by atoms with Crippen LogP contribution in [0.15, 0.2) is 30.3 Å². The Balaban J connectivity index is 0. The topological polar surface area (TPSA) is 50.1 Å². The molecule has 1 aromatic carbocycles. The number of carbonyl (C=O) groups excluding carboxylic acids is 1. The minimum atomic E-state index is -0.211. The Hall–Kier alpha value is -1.82. The third-order valence-corrected chi connectivity index (χ3v) is 1.29. The number of hydrogen-bond donors (Lipinski definition) is 0. The zero-order valence-corrected chi connectivity index (χ0v) is 10.4. The predicted octanol–water partition coefficient (Wildman–Crippen LogP) is 3.09. The van der Waals surface area contributed by atoms with Crippen molar-refractivity contribution in [1.29, 1.82) is 5.26 Å². The molecule has 88 valence electrons. The third kappa shape index (κ3) is 18.1. The summed E-state index contributed by atoms with van der Waals surface area (Å²) in [5, 5.41) is 7.32. The zero-order chi connectivity index (χ0) is 12.8. The molecule has 0 fully saturated rings. The maximum atomic E-state index is 9.82. The second kappa shape index (κ2) is 13.2. The number of hydrogen-bond acceptors (Lipinski definition) is 3. The summed E-state index contributed by atoms with van der Waals surface area (Å²) in [7, 11) is 0. The Morgan fingerprint density at radius 3 is 1.94 bits per heavy atom. The summed E-state index contributed by atoms with van der Waals surface area (Å²) in [6.45, 7) is 7.17. The van der Waals surface area contributed by atoms with Gasteiger partial charge < -0.3 is 4.74 Å². The van der Waals surface area contributed by atoms with Gasteiger partial charge in [-0.1, -0.05) is 35.9 Å². The van der Waals surface area contributed by atoms with Crippen LogP contribution in [-0.4, -0.2) is 12.6 Å². The molecule has 1 aromatic rings. The Morgan fingerprint density at radius 1 is 1.38 bits per heavy atom. The molecule has 0 aromatic heterocycles. The van der Waals surface area contributed by atoms with E-state index < -0.39 is 0 Å². The van der Waals surface area contributed by atoms with E-state index in [0.29, 0.717) is 6.61 Å². The fourth-order valence-electron chi connectivity index (χ4n) is 0.738. The second-order valence-electron chi connectivity index (χ2n) is 2.80. The highest BCUT2D eigenvalue weighted by atomic mass is 16.5. The molecule has 1 rings (SSSR count). The Labute approximate surface area is 97.7 Å². The van der Waals surface area contributed by atoms with Gasteiger partial charge in [-0.25, -0.2) is 0 Å². The number of benzene rings is 1. The normalized spacial score (nSPS) is 7.19. The van der Waals surface area contributed by atoms with Gasteiger partial charge >= 0.3 is 5.97 Å². The SMILES string of the molecule is CC#N.CCOC(C)=O.Cc1ccccc1. The molecule has 0 bridgehead atoms. The van der Waals surface area contributed by atoms with Gasteiger partial charge in [0.1, 0.15) is 0 Å². The van der Waals surface area contributed by atoms with Crippen LogP contribution < -0.4 is 0 Å². The molecule has 0 saturated carbocycles. The van der Waals surface area contributed by atoms with E-state index in [0.717, 1.165) is 0 Å². The van der Waals surface area contributed by atoms with Crippen LogP contribution in [0.3, 0.4) is 0 Å². The lowest BCUT2D eigenvalue weighted by Crippen LogP contribution is -1.95. The number of nitrogens with zero attached hydrogens (tertiary/aromatic N) is 1. The molecule has 3 nitrogen and oxygen atoms in total. The first-order chi connectivity index (χ1) is 7.58. The third-order valence-electron chi connectivity index (χ3n) is 1.29. The van der Waals surface area contributed by atoms with E-state index >= 15 is 0 Å². The van der Waals surface area contributed by atoms with Crippen molar-refractivity contribution in [2.24, 2.45) is 0 Å². The number of ether oxygens (including phenoxy) is 1. The fraction of sp³-hybridized carbons (Fsp3) is 0.385. The lowest BCUT2D eigenvalue weighted by atomic mass is 10.2. The zero-order valence-electron chi connectivity index (χ0n) is 10.4. The highest BCUT2D eigenvalue weighted by Crippen LogP contribution is 1.92. The summed E-state index contributed by atoms with van der Waals surface area (Å²) >= 11 is 0. The van der Waals surface area contributed by atoms with Gasteiger partial charge in [-0.05, 0) is 13.8 Å². The molecule has 0 aliphatic heterocycles. The smallest absolute Gasteiger partial charge is 0.302 e. The molecule has 0 radical (unpaired) electrons. The molecule has 0 N–H and O–H groups in total. The summed E-state index contributed by atoms with van der Waals surface area (Å²) in [5.74, 6) is -0.211. The van der Waals surface area contributed by atoms with Crippen LogP contribution in [0.5, 0.6) is 0 Å². The molecule has 3 heteroatoms. The van der Waals surface area contributed by atoms with E-state index in [2.05, 4.69) is 23.8 Å². The highest BCUT2D eigenvalue weighted by molar-refractivity contribution is 5.65. The van der Waals surface area contributed by atoms with Crippen LogP contribution >= 0.6 is 0 Å². The maximum absolute atomic E-state index is 9.82. The Morgan fingerprint density at radius 2 is 1.81 bits per heavy atom. The van der Waals surface area contributed by atoms with Crippen molar-refractivity contribution in [2.45, 2.75) is 27.7 Å². The standard InChI is InChI=1S/C7H8.C4H8O2.C2H3N/c1-7-5-3-2-4-6-7;1-3-6-4(2)5;1-2-3/h2-6H,1H3;3H2,1-2H3;1H3. The first kappa shape index (κ1) is 16.6. The minimum absolute atomic E-state index is 0.211. The highest BCUT2D eigenvalue weighted by Gasteiger charge is 1.81. The van der Waals surface area contributed by atoms with Crippen molar-refractivity contribution in [1.82, 2.24) is 0 Å². The lowest BCUT2D eigenvalue weighted by molar-refractivity contribution is -0.140. The minimum Gasteiger partial charge on any atom is -0.466 e. The lowest BCUT2D eigenvalue weighted by Gasteiger charge is -1.89. The monoisotopic (exact) mass is 221 g/mol. The van der Waals surface area contributed by atoms with Gasteiger partial charge in [-0.2, -0.15) is 5.26 Å². The van der Waals surface area contributed by atoms with Crippen molar-refractivity contribution in [2.75, 3.05) is 6.61 Å². The summed E-state index contributed by atoms with van der Waals surface area (Å²) in [6, 6.07) is 12.0. The predicted molar refractivity (Wildman–Crippen MR) is 64.8 cm³/mol. The summed E-state index contributed by atoms with van der Waals surface area (Å²) < 4.78 is 4.40. The van der Waals surface area contributed by atoms with E-state index in [4.69, 9.17) is 5.26 Å². The van der Waals surface area contributed by atoms with Gasteiger partial charge in [-0.15, -0.1) is 0 Å². The van der Waals surface area contributed by atoms with Gasteiger partial charge in [0.2, 0.25) is 0 Å². The number of nitriles is 1. The first-order valence-electron chi connectivity index (χ1n) is 5.04. The van der Waals surface area contributed by atoms with Crippen LogP contribution in [0.1, 0.15) is 26.3 Å². The Kier molecular flexibility index (Phi) is 13.7. The summed E-state index contributed by atoms with van der Waals surface area (Å²) in [6.07, 6.45) is 0. The van der Waals surface area contributed by atoms with Crippen LogP contribution in [0, 0.1) is 18.3 Å². The van der Waals surface area contributed by atoms with Crippen molar-refractivity contribution in [3.63, 3.8) is 0 Å². The first-order valence-corrected chi connectivity index (χ1v) is 5.04. The van der Waals surface area contributed by atoms with E-state index in [1.165, 1.54) is 19.4 Å². The maximum Gasteiger partial charge on any atom is 0.302 e. The van der Waals surface area contributed by atoms with E-state index in [9.17, 15) is 4.79 Å². The molecule has 0 heterocycles. The van der Waals surface area contributed by atoms with Crippen molar-refractivity contribution < 1.29 is 9.53 Å². The molecule has 16 heavy (non-hydrogen) atoms. The van der Waals surface area contributed by atoms with Crippen LogP contribution in [0.25, 0.3) is 0 Å². The second-order valence-corrected chi connectivity index (χ2v) is 2.80. The van der Waals surface area contributed by atoms with Gasteiger partial charge in [0.05, 0.1) is 12.7 Å². The average Bonchev–Trinajstić information content (AvgIpc) is 2.20. The largest absolute Gasteiger partial charge is 0.466 e. The molecular weight excluding hydrogens is 202 g/mol. The van der Waals surface area contributed by atoms with Gasteiger partial charge in [0, 0.05) is 13.8 Å². The van der Waals surface area contributed by atoms with Crippen LogP contribution in [0.4, 0.5) is 0 Å². The van der Waals surface area contributed by atoms with E-state index in [1.54, 1.807) is 13.0 Å².